The summed E-state index contributed by atoms with van der Waals surface area (Å²) in [7, 11) is 1.77. The number of nitrogens with zero attached hydrogens (tertiary/aromatic N) is 3. The van der Waals surface area contributed by atoms with Gasteiger partial charge in [-0.05, 0) is 42.3 Å². The third kappa shape index (κ3) is 6.01. The summed E-state index contributed by atoms with van der Waals surface area (Å²) in [5, 5.41) is 16.5. The van der Waals surface area contributed by atoms with Gasteiger partial charge in [-0.1, -0.05) is 29.8 Å². The molecule has 0 radical (unpaired) electrons. The molecule has 0 aromatic heterocycles. The van der Waals surface area contributed by atoms with Crippen LogP contribution in [-0.2, 0) is 6.54 Å². The third-order valence-electron chi connectivity index (χ3n) is 4.44. The van der Waals surface area contributed by atoms with E-state index < -0.39 is 0 Å². The van der Waals surface area contributed by atoms with Crippen LogP contribution in [0.4, 0.5) is 5.69 Å². The van der Waals surface area contributed by atoms with Gasteiger partial charge < -0.3 is 15.5 Å². The topological polar surface area (TPSA) is 63.5 Å². The first-order chi connectivity index (χ1) is 12.7. The van der Waals surface area contributed by atoms with Gasteiger partial charge in [0.25, 0.3) is 0 Å². The van der Waals surface area contributed by atoms with Crippen LogP contribution in [-0.4, -0.2) is 32.1 Å². The highest BCUT2D eigenvalue weighted by atomic mass is 127. The van der Waals surface area contributed by atoms with E-state index >= 15 is 0 Å². The number of hydrogen-bond acceptors (Lipinski definition) is 3. The van der Waals surface area contributed by atoms with Crippen LogP contribution in [0.15, 0.2) is 53.5 Å². The molecule has 2 N–H and O–H groups in total. The fourth-order valence-electron chi connectivity index (χ4n) is 3.11. The lowest BCUT2D eigenvalue weighted by Gasteiger charge is -2.20. The number of halogens is 2. The Labute approximate surface area is 182 Å². The molecular weight excluding hydrogens is 473 g/mol. The van der Waals surface area contributed by atoms with Crippen molar-refractivity contribution < 1.29 is 0 Å². The molecule has 1 saturated heterocycles. The number of anilines is 1. The van der Waals surface area contributed by atoms with Crippen molar-refractivity contribution in [2.75, 3.05) is 25.0 Å². The van der Waals surface area contributed by atoms with Crippen LogP contribution < -0.4 is 15.5 Å². The van der Waals surface area contributed by atoms with Crippen LogP contribution in [0, 0.1) is 11.3 Å². The van der Waals surface area contributed by atoms with Gasteiger partial charge in [0.1, 0.15) is 0 Å². The number of hydrogen-bond donors (Lipinski definition) is 2. The lowest BCUT2D eigenvalue weighted by Crippen LogP contribution is -2.44. The van der Waals surface area contributed by atoms with E-state index in [-0.39, 0.29) is 24.0 Å². The fourth-order valence-corrected chi connectivity index (χ4v) is 3.29. The number of rotatable bonds is 4. The lowest BCUT2D eigenvalue weighted by molar-refractivity contribution is 0.648. The van der Waals surface area contributed by atoms with Crippen molar-refractivity contribution in [3.8, 4) is 6.07 Å². The van der Waals surface area contributed by atoms with Gasteiger partial charge >= 0.3 is 0 Å². The average Bonchev–Trinajstić information content (AvgIpc) is 3.14. The molecule has 1 fully saturated rings. The maximum absolute atomic E-state index is 8.99. The van der Waals surface area contributed by atoms with Crippen LogP contribution in [0.3, 0.4) is 0 Å². The highest BCUT2D eigenvalue weighted by molar-refractivity contribution is 14.0. The Bertz CT molecular complexity index is 833. The molecule has 1 heterocycles. The molecule has 2 aromatic rings. The summed E-state index contributed by atoms with van der Waals surface area (Å²) in [5.74, 6) is 0.769. The average molecular weight is 496 g/mol. The van der Waals surface area contributed by atoms with Crippen LogP contribution in [0.2, 0.25) is 5.02 Å². The first-order valence-corrected chi connectivity index (χ1v) is 9.02. The van der Waals surface area contributed by atoms with Crippen molar-refractivity contribution in [2.24, 2.45) is 4.99 Å². The molecule has 0 spiro atoms. The Morgan fingerprint density at radius 3 is 2.85 bits per heavy atom. The van der Waals surface area contributed by atoms with Gasteiger partial charge in [0.2, 0.25) is 0 Å². The van der Waals surface area contributed by atoms with Crippen molar-refractivity contribution in [2.45, 2.75) is 19.0 Å². The Morgan fingerprint density at radius 2 is 2.11 bits per heavy atom. The number of benzene rings is 2. The van der Waals surface area contributed by atoms with E-state index in [4.69, 9.17) is 16.9 Å². The van der Waals surface area contributed by atoms with E-state index in [1.54, 1.807) is 13.1 Å². The number of nitrogens with one attached hydrogen (secondary N) is 2. The largest absolute Gasteiger partial charge is 0.369 e. The van der Waals surface area contributed by atoms with E-state index in [0.29, 0.717) is 18.2 Å². The van der Waals surface area contributed by atoms with Gasteiger partial charge in [-0.2, -0.15) is 5.26 Å². The minimum absolute atomic E-state index is 0. The van der Waals surface area contributed by atoms with Crippen LogP contribution in [0.25, 0.3) is 0 Å². The zero-order chi connectivity index (χ0) is 18.4. The van der Waals surface area contributed by atoms with Gasteiger partial charge in [0.15, 0.2) is 5.96 Å². The van der Waals surface area contributed by atoms with Gasteiger partial charge in [-0.25, -0.2) is 0 Å². The molecule has 0 bridgehead atoms. The quantitative estimate of drug-likeness (QED) is 0.385. The smallest absolute Gasteiger partial charge is 0.191 e. The second-order valence-electron chi connectivity index (χ2n) is 6.29. The Balaban J connectivity index is 0.00000261. The van der Waals surface area contributed by atoms with E-state index in [0.717, 1.165) is 41.7 Å². The molecule has 142 valence electrons. The van der Waals surface area contributed by atoms with Crippen molar-refractivity contribution >= 4 is 47.2 Å². The van der Waals surface area contributed by atoms with Gasteiger partial charge in [0.05, 0.1) is 11.6 Å². The maximum atomic E-state index is 8.99. The van der Waals surface area contributed by atoms with Crippen molar-refractivity contribution in [1.82, 2.24) is 10.6 Å². The van der Waals surface area contributed by atoms with E-state index in [2.05, 4.69) is 32.7 Å². The summed E-state index contributed by atoms with van der Waals surface area (Å²) >= 11 is 6.10. The summed E-state index contributed by atoms with van der Waals surface area (Å²) in [6.45, 7) is 2.52. The summed E-state index contributed by atoms with van der Waals surface area (Å²) in [6.07, 6.45) is 1.04. The molecule has 1 aliphatic rings. The number of nitriles is 1. The Kier molecular flexibility index (Phi) is 8.20. The van der Waals surface area contributed by atoms with E-state index in [1.165, 1.54) is 0 Å². The van der Waals surface area contributed by atoms with E-state index in [1.807, 2.05) is 36.4 Å². The summed E-state index contributed by atoms with van der Waals surface area (Å²) < 4.78 is 0. The van der Waals surface area contributed by atoms with Gasteiger partial charge in [-0.3, -0.25) is 4.99 Å². The van der Waals surface area contributed by atoms with E-state index in [9.17, 15) is 0 Å². The summed E-state index contributed by atoms with van der Waals surface area (Å²) in [5.41, 5.74) is 2.87. The molecule has 27 heavy (non-hydrogen) atoms. The summed E-state index contributed by atoms with van der Waals surface area (Å²) in [4.78, 5) is 6.64. The van der Waals surface area contributed by atoms with Crippen molar-refractivity contribution in [1.29, 1.82) is 5.26 Å². The Morgan fingerprint density at radius 1 is 1.30 bits per heavy atom. The molecule has 5 nitrogen and oxygen atoms in total. The highest BCUT2D eigenvalue weighted by Gasteiger charge is 2.23. The van der Waals surface area contributed by atoms with Gasteiger partial charge in [-0.15, -0.1) is 24.0 Å². The predicted octanol–water partition coefficient (Wildman–Crippen LogP) is 3.77. The second kappa shape index (κ2) is 10.4. The van der Waals surface area contributed by atoms with Crippen molar-refractivity contribution in [3.05, 3.63) is 64.7 Å². The molecule has 2 aromatic carbocycles. The molecule has 1 atom stereocenters. The van der Waals surface area contributed by atoms with Crippen LogP contribution in [0.1, 0.15) is 17.5 Å². The SMILES string of the molecule is CN=C(NCc1cccc(C#N)c1)NC1CCN(c2cccc(Cl)c2)C1.I. The number of guanidine groups is 1. The predicted molar refractivity (Wildman–Crippen MR) is 122 cm³/mol. The van der Waals surface area contributed by atoms with Crippen LogP contribution >= 0.6 is 35.6 Å². The standard InChI is InChI=1S/C20H22ClN5.HI/c1-23-20(24-13-16-5-2-4-15(10-16)12-22)25-18-8-9-26(14-18)19-7-3-6-17(21)11-19;/h2-7,10-11,18H,8-9,13-14H2,1H3,(H2,23,24,25);1H. The molecule has 1 aliphatic heterocycles. The number of aliphatic imine (C=N–C) groups is 1. The highest BCUT2D eigenvalue weighted by Crippen LogP contribution is 2.23. The maximum Gasteiger partial charge on any atom is 0.191 e. The molecule has 0 amide bonds. The zero-order valence-electron chi connectivity index (χ0n) is 15.2. The lowest BCUT2D eigenvalue weighted by atomic mass is 10.1. The van der Waals surface area contributed by atoms with Gasteiger partial charge in [0, 0.05) is 43.4 Å². The first-order valence-electron chi connectivity index (χ1n) is 8.64. The summed E-state index contributed by atoms with van der Waals surface area (Å²) in [6, 6.07) is 18.0. The molecule has 7 heteroatoms. The molecule has 0 aliphatic carbocycles. The zero-order valence-corrected chi connectivity index (χ0v) is 18.2. The molecule has 1 unspecified atom stereocenters. The monoisotopic (exact) mass is 495 g/mol. The molecule has 0 saturated carbocycles. The minimum atomic E-state index is 0. The fraction of sp³-hybridized carbons (Fsp3) is 0.300. The first kappa shape index (κ1) is 21.3. The second-order valence-corrected chi connectivity index (χ2v) is 6.73. The normalized spacial score (nSPS) is 16.4. The molecule has 3 rings (SSSR count). The molecular formula is C20H23ClIN5. The third-order valence-corrected chi connectivity index (χ3v) is 4.68. The van der Waals surface area contributed by atoms with Crippen molar-refractivity contribution in [3.63, 3.8) is 0 Å². The Hall–Kier alpha value is -1.98. The minimum Gasteiger partial charge on any atom is -0.369 e. The van der Waals surface area contributed by atoms with Crippen LogP contribution in [0.5, 0.6) is 0 Å².